The van der Waals surface area contributed by atoms with Crippen LogP contribution >= 0.6 is 12.4 Å². The van der Waals surface area contributed by atoms with Crippen molar-refractivity contribution in [3.63, 3.8) is 0 Å². The van der Waals surface area contributed by atoms with Gasteiger partial charge in [-0.05, 0) is 31.9 Å². The molecule has 2 atom stereocenters. The molecule has 0 aliphatic carbocycles. The summed E-state index contributed by atoms with van der Waals surface area (Å²) in [6.45, 7) is 6.52. The Kier molecular flexibility index (Phi) is 15.4. The van der Waals surface area contributed by atoms with Crippen molar-refractivity contribution < 1.29 is 23.9 Å². The van der Waals surface area contributed by atoms with Gasteiger partial charge in [0.15, 0.2) is 0 Å². The Morgan fingerprint density at radius 2 is 1.33 bits per heavy atom. The molecule has 0 aliphatic rings. The number of ether oxygens (including phenoxy) is 2. The second-order valence-corrected chi connectivity index (χ2v) is 7.40. The number of ketones is 1. The van der Waals surface area contributed by atoms with Crippen LogP contribution in [0.25, 0.3) is 0 Å². The van der Waals surface area contributed by atoms with Crippen LogP contribution in [0.5, 0.6) is 0 Å². The van der Waals surface area contributed by atoms with Crippen molar-refractivity contribution in [1.29, 1.82) is 0 Å². The second-order valence-electron chi connectivity index (χ2n) is 7.40. The van der Waals surface area contributed by atoms with E-state index in [1.54, 1.807) is 13.8 Å². The zero-order valence-electron chi connectivity index (χ0n) is 19.9. The van der Waals surface area contributed by atoms with Crippen molar-refractivity contribution in [2.75, 3.05) is 20.8 Å². The summed E-state index contributed by atoms with van der Waals surface area (Å²) in [6, 6.07) is 19.0. The number of esters is 2. The summed E-state index contributed by atoms with van der Waals surface area (Å²) in [5.41, 5.74) is 2.22. The molecule has 0 bridgehead atoms. The van der Waals surface area contributed by atoms with Crippen molar-refractivity contribution in [3.05, 3.63) is 71.8 Å². The first-order valence-electron chi connectivity index (χ1n) is 10.5. The van der Waals surface area contributed by atoms with Gasteiger partial charge in [0, 0.05) is 13.1 Å². The Morgan fingerprint density at radius 3 is 1.79 bits per heavy atom. The van der Waals surface area contributed by atoms with Crippen molar-refractivity contribution in [2.24, 2.45) is 0 Å². The zero-order chi connectivity index (χ0) is 23.9. The van der Waals surface area contributed by atoms with E-state index >= 15 is 0 Å². The Hall–Kier alpha value is -2.74. The van der Waals surface area contributed by atoms with E-state index < -0.39 is 6.04 Å². The lowest BCUT2D eigenvalue weighted by molar-refractivity contribution is -0.147. The number of benzene rings is 2. The summed E-state index contributed by atoms with van der Waals surface area (Å²) < 4.78 is 9.32. The summed E-state index contributed by atoms with van der Waals surface area (Å²) in [7, 11) is 2.75. The third-order valence-electron chi connectivity index (χ3n) is 4.75. The normalized spacial score (nSPS) is 11.8. The number of nitrogens with one attached hydrogen (secondary N) is 1. The van der Waals surface area contributed by atoms with Crippen molar-refractivity contribution in [3.8, 4) is 0 Å². The molecule has 0 radical (unpaired) electrons. The smallest absolute Gasteiger partial charge is 0.322 e. The molecule has 182 valence electrons. The average molecular weight is 479 g/mol. The summed E-state index contributed by atoms with van der Waals surface area (Å²) in [4.78, 5) is 35.7. The largest absolute Gasteiger partial charge is 0.468 e. The van der Waals surface area contributed by atoms with E-state index in [9.17, 15) is 14.4 Å². The fourth-order valence-corrected chi connectivity index (χ4v) is 2.88. The van der Waals surface area contributed by atoms with Crippen LogP contribution in [-0.2, 0) is 36.9 Å². The molecule has 0 heterocycles. The third-order valence-corrected chi connectivity index (χ3v) is 4.75. The van der Waals surface area contributed by atoms with Gasteiger partial charge in [0.1, 0.15) is 17.9 Å². The fourth-order valence-electron chi connectivity index (χ4n) is 2.88. The van der Waals surface area contributed by atoms with E-state index in [0.29, 0.717) is 13.1 Å². The number of Topliss-reactive ketones (excluding diaryl/α,β-unsaturated/α-hetero) is 1. The first kappa shape index (κ1) is 30.3. The molecule has 0 spiro atoms. The van der Waals surface area contributed by atoms with Gasteiger partial charge < -0.3 is 14.8 Å². The maximum atomic E-state index is 11.5. The van der Waals surface area contributed by atoms with Gasteiger partial charge in [-0.1, -0.05) is 60.7 Å². The van der Waals surface area contributed by atoms with Gasteiger partial charge in [0.25, 0.3) is 0 Å². The maximum Gasteiger partial charge on any atom is 0.322 e. The topological polar surface area (TPSA) is 84.9 Å². The number of hydrogen-bond acceptors (Lipinski definition) is 7. The minimum atomic E-state index is -0.431. The Balaban J connectivity index is 0.000000620. The molecule has 0 fully saturated rings. The van der Waals surface area contributed by atoms with Crippen LogP contribution in [0, 0.1) is 0 Å². The number of methoxy groups -OCH3 is 2. The van der Waals surface area contributed by atoms with Crippen LogP contribution < -0.4 is 5.32 Å². The van der Waals surface area contributed by atoms with E-state index in [4.69, 9.17) is 4.74 Å². The van der Waals surface area contributed by atoms with Crippen LogP contribution in [0.1, 0.15) is 31.9 Å². The van der Waals surface area contributed by atoms with Gasteiger partial charge in [-0.25, -0.2) is 0 Å². The summed E-state index contributed by atoms with van der Waals surface area (Å²) in [6.07, 6.45) is 0. The highest BCUT2D eigenvalue weighted by Gasteiger charge is 2.23. The third kappa shape index (κ3) is 12.2. The van der Waals surface area contributed by atoms with E-state index in [0.717, 1.165) is 11.1 Å². The molecular formula is C25H35ClN2O5. The Morgan fingerprint density at radius 1 is 0.848 bits per heavy atom. The van der Waals surface area contributed by atoms with Gasteiger partial charge >= 0.3 is 11.9 Å². The molecule has 2 rings (SSSR count). The first-order valence-corrected chi connectivity index (χ1v) is 10.5. The van der Waals surface area contributed by atoms with Crippen LogP contribution in [0.4, 0.5) is 0 Å². The molecule has 2 aromatic rings. The predicted molar refractivity (Wildman–Crippen MR) is 131 cm³/mol. The number of nitrogens with zero attached hydrogens (tertiary/aromatic N) is 1. The maximum absolute atomic E-state index is 11.5. The van der Waals surface area contributed by atoms with Gasteiger partial charge in [-0.3, -0.25) is 19.3 Å². The molecule has 0 saturated carbocycles. The van der Waals surface area contributed by atoms with Crippen LogP contribution in [0.2, 0.25) is 0 Å². The zero-order valence-corrected chi connectivity index (χ0v) is 20.8. The monoisotopic (exact) mass is 478 g/mol. The highest BCUT2D eigenvalue weighted by molar-refractivity contribution is 5.85. The highest BCUT2D eigenvalue weighted by Crippen LogP contribution is 2.09. The lowest BCUT2D eigenvalue weighted by Gasteiger charge is -2.26. The first-order chi connectivity index (χ1) is 15.3. The number of hydrogen-bond donors (Lipinski definition) is 1. The molecule has 1 N–H and O–H groups in total. The quantitative estimate of drug-likeness (QED) is 0.524. The van der Waals surface area contributed by atoms with Gasteiger partial charge in [0.05, 0.1) is 20.8 Å². The van der Waals surface area contributed by atoms with Crippen LogP contribution in [0.3, 0.4) is 0 Å². The molecule has 0 unspecified atom stereocenters. The highest BCUT2D eigenvalue weighted by atomic mass is 35.5. The summed E-state index contributed by atoms with van der Waals surface area (Å²) in [5, 5.41) is 3.08. The van der Waals surface area contributed by atoms with Gasteiger partial charge in [0.2, 0.25) is 0 Å². The predicted octanol–water partition coefficient (Wildman–Crippen LogP) is 3.40. The molecule has 0 saturated heterocycles. The number of halogens is 1. The van der Waals surface area contributed by atoms with E-state index in [2.05, 4.69) is 10.1 Å². The van der Waals surface area contributed by atoms with E-state index in [1.165, 1.54) is 21.1 Å². The van der Waals surface area contributed by atoms with E-state index in [1.807, 2.05) is 65.6 Å². The second kappa shape index (κ2) is 16.8. The van der Waals surface area contributed by atoms with Crippen molar-refractivity contribution >= 4 is 30.1 Å². The molecular weight excluding hydrogens is 444 g/mol. The number of carbonyl (C=O) groups is 3. The minimum absolute atomic E-state index is 0. The SMILES string of the molecule is COC(=O)[C@H](C)N(CC(C)=O)Cc1ccccc1.COC(=O)[C@H](C)NCc1ccccc1.Cl. The average Bonchev–Trinajstić information content (AvgIpc) is 2.82. The molecule has 0 aliphatic heterocycles. The van der Waals surface area contributed by atoms with Crippen molar-refractivity contribution in [1.82, 2.24) is 10.2 Å². The van der Waals surface area contributed by atoms with E-state index in [-0.39, 0.29) is 42.7 Å². The molecule has 8 heteroatoms. The van der Waals surface area contributed by atoms with Gasteiger partial charge in [-0.2, -0.15) is 0 Å². The molecule has 0 aromatic heterocycles. The number of rotatable bonds is 10. The van der Waals surface area contributed by atoms with Gasteiger partial charge in [-0.15, -0.1) is 12.4 Å². The Bertz CT molecular complexity index is 833. The fraction of sp³-hybridized carbons (Fsp3) is 0.400. The summed E-state index contributed by atoms with van der Waals surface area (Å²) >= 11 is 0. The molecule has 7 nitrogen and oxygen atoms in total. The number of carbonyl (C=O) groups excluding carboxylic acids is 3. The Labute approximate surface area is 202 Å². The van der Waals surface area contributed by atoms with Crippen molar-refractivity contribution in [2.45, 2.75) is 45.9 Å². The lowest BCUT2D eigenvalue weighted by Crippen LogP contribution is -2.41. The molecule has 2 aromatic carbocycles. The summed E-state index contributed by atoms with van der Waals surface area (Å²) in [5.74, 6) is -0.533. The molecule has 0 amide bonds. The molecule has 33 heavy (non-hydrogen) atoms. The van der Waals surface area contributed by atoms with Crippen LogP contribution in [-0.4, -0.2) is 55.5 Å². The minimum Gasteiger partial charge on any atom is -0.468 e. The lowest BCUT2D eigenvalue weighted by atomic mass is 10.1. The van der Waals surface area contributed by atoms with Crippen LogP contribution in [0.15, 0.2) is 60.7 Å². The standard InChI is InChI=1S/C14H19NO3.C11H15NO2.ClH/c1-11(16)9-15(12(2)14(17)18-3)10-13-7-5-4-6-8-13;1-9(11(13)14-2)12-8-10-6-4-3-5-7-10;/h4-8,12H,9-10H2,1-3H3;3-7,9,12H,8H2,1-2H3;1H/t12-;9-;/m00./s1.